The first-order valence-corrected chi connectivity index (χ1v) is 6.05. The number of pyridine rings is 1. The Morgan fingerprint density at radius 2 is 2.38 bits per heavy atom. The summed E-state index contributed by atoms with van der Waals surface area (Å²) in [5, 5.41) is 0. The molecule has 2 rings (SSSR count). The molecule has 0 radical (unpaired) electrons. The van der Waals surface area contributed by atoms with Crippen molar-refractivity contribution < 1.29 is 9.53 Å². The van der Waals surface area contributed by atoms with Crippen molar-refractivity contribution in [3.8, 4) is 0 Å². The molecule has 0 atom stereocenters. The SMILES string of the molecule is CCCCOC(=O)c1cc2scnc2cn1. The minimum Gasteiger partial charge on any atom is -0.461 e. The lowest BCUT2D eigenvalue weighted by molar-refractivity contribution is 0.0493. The van der Waals surface area contributed by atoms with Crippen LogP contribution in [0.1, 0.15) is 30.3 Å². The smallest absolute Gasteiger partial charge is 0.356 e. The maximum Gasteiger partial charge on any atom is 0.356 e. The largest absolute Gasteiger partial charge is 0.461 e. The fourth-order valence-corrected chi connectivity index (χ4v) is 1.94. The van der Waals surface area contributed by atoms with E-state index in [0.29, 0.717) is 12.3 Å². The Bertz CT molecular complexity index is 495. The van der Waals surface area contributed by atoms with Crippen molar-refractivity contribution in [1.82, 2.24) is 9.97 Å². The van der Waals surface area contributed by atoms with Gasteiger partial charge < -0.3 is 4.74 Å². The molecule has 0 fully saturated rings. The highest BCUT2D eigenvalue weighted by Gasteiger charge is 2.10. The van der Waals surface area contributed by atoms with Gasteiger partial charge in [-0.25, -0.2) is 14.8 Å². The molecular formula is C11H12N2O2S. The van der Waals surface area contributed by atoms with Gasteiger partial charge in [0, 0.05) is 0 Å². The quantitative estimate of drug-likeness (QED) is 0.605. The molecule has 0 N–H and O–H groups in total. The van der Waals surface area contributed by atoms with E-state index < -0.39 is 0 Å². The van der Waals surface area contributed by atoms with E-state index in [-0.39, 0.29) is 5.97 Å². The molecule has 0 amide bonds. The monoisotopic (exact) mass is 236 g/mol. The first-order valence-electron chi connectivity index (χ1n) is 5.17. The number of nitrogens with zero attached hydrogens (tertiary/aromatic N) is 2. The van der Waals surface area contributed by atoms with Crippen molar-refractivity contribution in [3.63, 3.8) is 0 Å². The number of carbonyl (C=O) groups is 1. The van der Waals surface area contributed by atoms with Gasteiger partial charge in [-0.2, -0.15) is 0 Å². The summed E-state index contributed by atoms with van der Waals surface area (Å²) in [5.41, 5.74) is 2.90. The van der Waals surface area contributed by atoms with Crippen LogP contribution in [0.3, 0.4) is 0 Å². The lowest BCUT2D eigenvalue weighted by atomic mass is 10.3. The second-order valence-electron chi connectivity index (χ2n) is 3.38. The molecule has 0 aliphatic carbocycles. The predicted octanol–water partition coefficient (Wildman–Crippen LogP) is 2.65. The van der Waals surface area contributed by atoms with Crippen LogP contribution in [-0.2, 0) is 4.74 Å². The van der Waals surface area contributed by atoms with E-state index in [2.05, 4.69) is 16.9 Å². The molecule has 0 aromatic carbocycles. The first kappa shape index (κ1) is 11.0. The second-order valence-corrected chi connectivity index (χ2v) is 4.27. The van der Waals surface area contributed by atoms with Crippen LogP contribution in [-0.4, -0.2) is 22.5 Å². The van der Waals surface area contributed by atoms with Gasteiger partial charge in [0.15, 0.2) is 0 Å². The van der Waals surface area contributed by atoms with Crippen molar-refractivity contribution in [2.75, 3.05) is 6.61 Å². The topological polar surface area (TPSA) is 52.1 Å². The number of hydrogen-bond acceptors (Lipinski definition) is 5. The maximum atomic E-state index is 11.6. The summed E-state index contributed by atoms with van der Waals surface area (Å²) in [6.07, 6.45) is 3.49. The lowest BCUT2D eigenvalue weighted by Crippen LogP contribution is -2.07. The van der Waals surface area contributed by atoms with Crippen LogP contribution in [0.2, 0.25) is 0 Å². The Hall–Kier alpha value is -1.49. The van der Waals surface area contributed by atoms with Gasteiger partial charge in [0.1, 0.15) is 5.69 Å². The third-order valence-electron chi connectivity index (χ3n) is 2.16. The number of thiazole rings is 1. The Morgan fingerprint density at radius 3 is 3.19 bits per heavy atom. The Kier molecular flexibility index (Phi) is 3.46. The fraction of sp³-hybridized carbons (Fsp3) is 0.364. The van der Waals surface area contributed by atoms with Crippen LogP contribution in [0.25, 0.3) is 10.2 Å². The molecule has 0 saturated heterocycles. The number of unbranched alkanes of at least 4 members (excludes halogenated alkanes) is 1. The number of hydrogen-bond donors (Lipinski definition) is 0. The van der Waals surface area contributed by atoms with Crippen LogP contribution >= 0.6 is 11.3 Å². The maximum absolute atomic E-state index is 11.6. The van der Waals surface area contributed by atoms with E-state index in [4.69, 9.17) is 4.74 Å². The lowest BCUT2D eigenvalue weighted by Gasteiger charge is -2.02. The minimum absolute atomic E-state index is 0.354. The zero-order valence-corrected chi connectivity index (χ0v) is 9.79. The summed E-state index contributed by atoms with van der Waals surface area (Å²) < 4.78 is 6.03. The van der Waals surface area contributed by atoms with Gasteiger partial charge in [-0.15, -0.1) is 11.3 Å². The average molecular weight is 236 g/mol. The summed E-state index contributed by atoms with van der Waals surface area (Å²) in [5.74, 6) is -0.358. The molecule has 2 aromatic heterocycles. The van der Waals surface area contributed by atoms with Crippen molar-refractivity contribution in [2.24, 2.45) is 0 Å². The van der Waals surface area contributed by atoms with E-state index in [1.165, 1.54) is 11.3 Å². The molecule has 0 spiro atoms. The Morgan fingerprint density at radius 1 is 1.50 bits per heavy atom. The molecule has 84 valence electrons. The van der Waals surface area contributed by atoms with E-state index in [1.54, 1.807) is 17.8 Å². The molecule has 0 aliphatic rings. The predicted molar refractivity (Wildman–Crippen MR) is 62.6 cm³/mol. The van der Waals surface area contributed by atoms with Gasteiger partial charge in [0.2, 0.25) is 0 Å². The number of rotatable bonds is 4. The Balaban J connectivity index is 2.10. The normalized spacial score (nSPS) is 10.6. The van der Waals surface area contributed by atoms with Gasteiger partial charge >= 0.3 is 5.97 Å². The van der Waals surface area contributed by atoms with E-state index in [9.17, 15) is 4.79 Å². The van der Waals surface area contributed by atoms with Crippen molar-refractivity contribution in [2.45, 2.75) is 19.8 Å². The molecule has 0 aliphatic heterocycles. The summed E-state index contributed by atoms with van der Waals surface area (Å²) in [7, 11) is 0. The van der Waals surface area contributed by atoms with Crippen LogP contribution < -0.4 is 0 Å². The average Bonchev–Trinajstić information content (AvgIpc) is 2.76. The first-order chi connectivity index (χ1) is 7.81. The third-order valence-corrected chi connectivity index (χ3v) is 2.95. The number of esters is 1. The standard InChI is InChI=1S/C11H12N2O2S/c1-2-3-4-15-11(14)8-5-10-9(6-12-8)13-7-16-10/h5-7H,2-4H2,1H3. The fourth-order valence-electron chi connectivity index (χ4n) is 1.26. The van der Waals surface area contributed by atoms with Crippen molar-refractivity contribution in [3.05, 3.63) is 23.5 Å². The van der Waals surface area contributed by atoms with Gasteiger partial charge in [-0.1, -0.05) is 13.3 Å². The van der Waals surface area contributed by atoms with Crippen molar-refractivity contribution >= 4 is 27.5 Å². The Labute approximate surface area is 97.3 Å². The molecular weight excluding hydrogens is 224 g/mol. The number of carbonyl (C=O) groups excluding carboxylic acids is 1. The van der Waals surface area contributed by atoms with Crippen LogP contribution in [0, 0.1) is 0 Å². The van der Waals surface area contributed by atoms with Crippen LogP contribution in [0.15, 0.2) is 17.8 Å². The van der Waals surface area contributed by atoms with Gasteiger partial charge in [0.05, 0.1) is 28.5 Å². The summed E-state index contributed by atoms with van der Waals surface area (Å²) in [6, 6.07) is 1.72. The van der Waals surface area contributed by atoms with E-state index in [0.717, 1.165) is 23.1 Å². The molecule has 2 aromatic rings. The highest BCUT2D eigenvalue weighted by atomic mass is 32.1. The summed E-state index contributed by atoms with van der Waals surface area (Å²) >= 11 is 1.49. The third kappa shape index (κ3) is 2.36. The van der Waals surface area contributed by atoms with Gasteiger partial charge in [-0.05, 0) is 12.5 Å². The highest BCUT2D eigenvalue weighted by molar-refractivity contribution is 7.16. The summed E-state index contributed by atoms with van der Waals surface area (Å²) in [6.45, 7) is 2.51. The zero-order valence-electron chi connectivity index (χ0n) is 8.97. The number of ether oxygens (including phenoxy) is 1. The van der Waals surface area contributed by atoms with Gasteiger partial charge in [-0.3, -0.25) is 0 Å². The molecule has 5 heteroatoms. The van der Waals surface area contributed by atoms with Crippen molar-refractivity contribution in [1.29, 1.82) is 0 Å². The second kappa shape index (κ2) is 5.03. The van der Waals surface area contributed by atoms with E-state index >= 15 is 0 Å². The molecule has 0 unspecified atom stereocenters. The zero-order chi connectivity index (χ0) is 11.4. The summed E-state index contributed by atoms with van der Waals surface area (Å²) in [4.78, 5) is 19.7. The molecule has 0 saturated carbocycles. The van der Waals surface area contributed by atoms with Crippen LogP contribution in [0.4, 0.5) is 0 Å². The van der Waals surface area contributed by atoms with Crippen LogP contribution in [0.5, 0.6) is 0 Å². The molecule has 0 bridgehead atoms. The number of aromatic nitrogens is 2. The molecule has 4 nitrogen and oxygen atoms in total. The molecule has 2 heterocycles. The minimum atomic E-state index is -0.358. The number of fused-ring (bicyclic) bond motifs is 1. The van der Waals surface area contributed by atoms with E-state index in [1.807, 2.05) is 0 Å². The van der Waals surface area contributed by atoms with Gasteiger partial charge in [0.25, 0.3) is 0 Å². The highest BCUT2D eigenvalue weighted by Crippen LogP contribution is 2.17. The molecule has 16 heavy (non-hydrogen) atoms.